The van der Waals surface area contributed by atoms with Crippen molar-refractivity contribution in [1.29, 1.82) is 0 Å². The van der Waals surface area contributed by atoms with Crippen LogP contribution in [0.2, 0.25) is 0 Å². The van der Waals surface area contributed by atoms with Crippen LogP contribution in [0.1, 0.15) is 27.6 Å². The fourth-order valence-corrected chi connectivity index (χ4v) is 1.47. The zero-order valence-electron chi connectivity index (χ0n) is 8.34. The number of rotatable bonds is 4. The first-order chi connectivity index (χ1) is 7.76. The molecule has 0 saturated carbocycles. The minimum absolute atomic E-state index is 0.0541. The van der Waals surface area contributed by atoms with Gasteiger partial charge in [0.15, 0.2) is 23.6 Å². The van der Waals surface area contributed by atoms with Crippen molar-refractivity contribution in [3.05, 3.63) is 41.2 Å². The fraction of sp³-hybridized carbons (Fsp3) is 0.182. The molecule has 5 nitrogen and oxygen atoms in total. The minimum atomic E-state index is -0.443. The zero-order valence-corrected chi connectivity index (χ0v) is 8.34. The van der Waals surface area contributed by atoms with E-state index in [-0.39, 0.29) is 29.3 Å². The van der Waals surface area contributed by atoms with E-state index in [1.165, 1.54) is 6.26 Å². The van der Waals surface area contributed by atoms with E-state index < -0.39 is 6.61 Å². The lowest BCUT2D eigenvalue weighted by atomic mass is 10.2. The van der Waals surface area contributed by atoms with Gasteiger partial charge in [-0.2, -0.15) is 0 Å². The number of aromatic hydroxyl groups is 1. The first-order valence-electron chi connectivity index (χ1n) is 4.68. The fourth-order valence-electron chi connectivity index (χ4n) is 1.47. The highest BCUT2D eigenvalue weighted by molar-refractivity contribution is 5.75. The Morgan fingerprint density at radius 2 is 2.25 bits per heavy atom. The molecule has 0 spiro atoms. The van der Waals surface area contributed by atoms with Gasteiger partial charge in [0.05, 0.1) is 24.9 Å². The van der Waals surface area contributed by atoms with E-state index in [1.54, 1.807) is 12.1 Å². The molecule has 0 fully saturated rings. The second-order valence-corrected chi connectivity index (χ2v) is 3.25. The number of furan rings is 2. The summed E-state index contributed by atoms with van der Waals surface area (Å²) in [5.41, 5.74) is 0.108. The lowest BCUT2D eigenvalue weighted by Crippen LogP contribution is -1.86. The Kier molecular flexibility index (Phi) is 2.78. The quantitative estimate of drug-likeness (QED) is 0.765. The number of carbonyl (C=O) groups excluding carboxylic acids is 1. The molecule has 2 heterocycles. The van der Waals surface area contributed by atoms with E-state index in [9.17, 15) is 9.90 Å². The van der Waals surface area contributed by atoms with E-state index in [2.05, 4.69) is 0 Å². The third-order valence-electron chi connectivity index (χ3n) is 2.26. The molecule has 2 aromatic heterocycles. The number of aldehydes is 1. The molecule has 0 bridgehead atoms. The van der Waals surface area contributed by atoms with Crippen molar-refractivity contribution in [3.63, 3.8) is 0 Å². The maximum atomic E-state index is 10.6. The van der Waals surface area contributed by atoms with Gasteiger partial charge in [-0.25, -0.2) is 0 Å². The van der Waals surface area contributed by atoms with Gasteiger partial charge in [-0.3, -0.25) is 4.79 Å². The predicted octanol–water partition coefficient (Wildman–Crippen LogP) is 1.47. The van der Waals surface area contributed by atoms with E-state index in [1.807, 2.05) is 0 Å². The molecule has 5 heteroatoms. The largest absolute Gasteiger partial charge is 0.504 e. The summed E-state index contributed by atoms with van der Waals surface area (Å²) < 4.78 is 10.2. The monoisotopic (exact) mass is 222 g/mol. The average molecular weight is 222 g/mol. The third kappa shape index (κ3) is 1.72. The summed E-state index contributed by atoms with van der Waals surface area (Å²) >= 11 is 0. The average Bonchev–Trinajstić information content (AvgIpc) is 2.88. The van der Waals surface area contributed by atoms with Gasteiger partial charge in [0.25, 0.3) is 0 Å². The van der Waals surface area contributed by atoms with E-state index >= 15 is 0 Å². The summed E-state index contributed by atoms with van der Waals surface area (Å²) in [6, 6.07) is 3.43. The summed E-state index contributed by atoms with van der Waals surface area (Å²) in [5.74, 6) is 0.564. The van der Waals surface area contributed by atoms with Crippen molar-refractivity contribution in [1.82, 2.24) is 0 Å². The molecule has 2 aromatic rings. The molecule has 2 rings (SSSR count). The normalized spacial score (nSPS) is 10.6. The van der Waals surface area contributed by atoms with Crippen LogP contribution in [-0.2, 0) is 13.0 Å². The maximum absolute atomic E-state index is 10.6. The molecule has 2 N–H and O–H groups in total. The Labute approximate surface area is 90.9 Å². The summed E-state index contributed by atoms with van der Waals surface area (Å²) in [7, 11) is 0. The van der Waals surface area contributed by atoms with E-state index in [0.717, 1.165) is 0 Å². The van der Waals surface area contributed by atoms with Gasteiger partial charge in [-0.15, -0.1) is 0 Å². The summed E-state index contributed by atoms with van der Waals surface area (Å²) in [6.07, 6.45) is 2.19. The molecule has 0 aromatic carbocycles. The number of hydrogen-bond acceptors (Lipinski definition) is 5. The van der Waals surface area contributed by atoms with Crippen LogP contribution in [0.4, 0.5) is 0 Å². The highest BCUT2D eigenvalue weighted by Gasteiger charge is 2.19. The molecule has 0 unspecified atom stereocenters. The highest BCUT2D eigenvalue weighted by atomic mass is 16.4. The standard InChI is InChI=1S/C11H10O5/c12-5-8-10(6-13)16-9(11(8)14)4-7-2-1-3-15-7/h1-3,6,12,14H,4-5H2. The molecule has 0 atom stereocenters. The lowest BCUT2D eigenvalue weighted by Gasteiger charge is -1.94. The number of aliphatic hydroxyl groups excluding tert-OH is 1. The van der Waals surface area contributed by atoms with Crippen molar-refractivity contribution in [2.45, 2.75) is 13.0 Å². The third-order valence-corrected chi connectivity index (χ3v) is 2.26. The van der Waals surface area contributed by atoms with Crippen LogP contribution in [0, 0.1) is 0 Å². The Hall–Kier alpha value is -2.01. The Balaban J connectivity index is 2.34. The number of hydrogen-bond donors (Lipinski definition) is 2. The van der Waals surface area contributed by atoms with Crippen molar-refractivity contribution in [2.75, 3.05) is 0 Å². The molecule has 16 heavy (non-hydrogen) atoms. The van der Waals surface area contributed by atoms with E-state index in [0.29, 0.717) is 12.0 Å². The van der Waals surface area contributed by atoms with Crippen LogP contribution < -0.4 is 0 Å². The van der Waals surface area contributed by atoms with Gasteiger partial charge in [-0.1, -0.05) is 0 Å². The van der Waals surface area contributed by atoms with Crippen LogP contribution in [0.5, 0.6) is 5.75 Å². The minimum Gasteiger partial charge on any atom is -0.504 e. The summed E-state index contributed by atoms with van der Waals surface area (Å²) in [5, 5.41) is 18.7. The van der Waals surface area contributed by atoms with Gasteiger partial charge in [0.1, 0.15) is 5.76 Å². The topological polar surface area (TPSA) is 83.8 Å². The van der Waals surface area contributed by atoms with Gasteiger partial charge in [0.2, 0.25) is 0 Å². The van der Waals surface area contributed by atoms with Gasteiger partial charge in [-0.05, 0) is 12.1 Å². The molecular formula is C11H10O5. The van der Waals surface area contributed by atoms with Crippen LogP contribution in [0.15, 0.2) is 27.2 Å². The number of carbonyl (C=O) groups is 1. The SMILES string of the molecule is O=Cc1oc(Cc2ccco2)c(O)c1CO. The van der Waals surface area contributed by atoms with Crippen LogP contribution in [-0.4, -0.2) is 16.5 Å². The molecule has 0 radical (unpaired) electrons. The van der Waals surface area contributed by atoms with Crippen molar-refractivity contribution >= 4 is 6.29 Å². The summed E-state index contributed by atoms with van der Waals surface area (Å²) in [4.78, 5) is 10.6. The van der Waals surface area contributed by atoms with Gasteiger partial charge >= 0.3 is 0 Å². The van der Waals surface area contributed by atoms with Gasteiger partial charge < -0.3 is 19.0 Å². The Morgan fingerprint density at radius 3 is 2.75 bits per heavy atom. The molecule has 0 saturated heterocycles. The zero-order chi connectivity index (χ0) is 11.5. The maximum Gasteiger partial charge on any atom is 0.185 e. The highest BCUT2D eigenvalue weighted by Crippen LogP contribution is 2.30. The molecule has 0 amide bonds. The van der Waals surface area contributed by atoms with Crippen molar-refractivity contribution in [2.24, 2.45) is 0 Å². The van der Waals surface area contributed by atoms with Gasteiger partial charge in [0, 0.05) is 0 Å². The molecule has 0 aliphatic heterocycles. The predicted molar refractivity (Wildman–Crippen MR) is 53.2 cm³/mol. The second-order valence-electron chi connectivity index (χ2n) is 3.25. The molecule has 84 valence electrons. The van der Waals surface area contributed by atoms with Crippen LogP contribution in [0.3, 0.4) is 0 Å². The Morgan fingerprint density at radius 1 is 1.44 bits per heavy atom. The van der Waals surface area contributed by atoms with E-state index in [4.69, 9.17) is 13.9 Å². The number of aliphatic hydroxyl groups is 1. The molecule has 0 aliphatic carbocycles. The second kappa shape index (κ2) is 4.24. The summed E-state index contributed by atoms with van der Waals surface area (Å²) in [6.45, 7) is -0.443. The first-order valence-corrected chi connectivity index (χ1v) is 4.68. The van der Waals surface area contributed by atoms with Crippen LogP contribution in [0.25, 0.3) is 0 Å². The molecular weight excluding hydrogens is 212 g/mol. The first kappa shape index (κ1) is 10.5. The van der Waals surface area contributed by atoms with Crippen molar-refractivity contribution in [3.8, 4) is 5.75 Å². The van der Waals surface area contributed by atoms with Crippen molar-refractivity contribution < 1.29 is 23.8 Å². The molecule has 0 aliphatic rings. The van der Waals surface area contributed by atoms with Crippen LogP contribution >= 0.6 is 0 Å². The Bertz CT molecular complexity index is 481. The lowest BCUT2D eigenvalue weighted by molar-refractivity contribution is 0.109. The smallest absolute Gasteiger partial charge is 0.185 e.